The number of rotatable bonds is 4. The molecule has 114 valence electrons. The van der Waals surface area contributed by atoms with E-state index >= 15 is 0 Å². The van der Waals surface area contributed by atoms with Crippen LogP contribution in [0.5, 0.6) is 0 Å². The van der Waals surface area contributed by atoms with Crippen molar-refractivity contribution >= 4 is 5.91 Å². The van der Waals surface area contributed by atoms with Crippen LogP contribution in [0.25, 0.3) is 0 Å². The predicted octanol–water partition coefficient (Wildman–Crippen LogP) is 1.81. The number of hydrogen-bond donors (Lipinski definition) is 1. The first kappa shape index (κ1) is 14.4. The van der Waals surface area contributed by atoms with Crippen LogP contribution in [0.4, 0.5) is 0 Å². The molecule has 1 aliphatic carbocycles. The van der Waals surface area contributed by atoms with Crippen LogP contribution in [-0.4, -0.2) is 45.9 Å². The van der Waals surface area contributed by atoms with E-state index in [1.807, 2.05) is 0 Å². The Morgan fingerprint density at radius 1 is 1.29 bits per heavy atom. The number of nitrogens with zero attached hydrogens (tertiary/aromatic N) is 3. The van der Waals surface area contributed by atoms with Crippen molar-refractivity contribution in [1.82, 2.24) is 20.2 Å². The number of carbonyl (C=O) groups is 1. The quantitative estimate of drug-likeness (QED) is 0.918. The van der Waals surface area contributed by atoms with Gasteiger partial charge in [0.2, 0.25) is 0 Å². The first-order valence-corrected chi connectivity index (χ1v) is 7.91. The van der Waals surface area contributed by atoms with Crippen molar-refractivity contribution in [2.45, 2.75) is 51.6 Å². The molecular weight excluding hydrogens is 264 g/mol. The second-order valence-corrected chi connectivity index (χ2v) is 6.71. The molecule has 21 heavy (non-hydrogen) atoms. The molecule has 1 aromatic rings. The Labute approximate surface area is 126 Å². The fourth-order valence-electron chi connectivity index (χ4n) is 2.90. The molecule has 5 nitrogen and oxygen atoms in total. The molecule has 1 N–H and O–H groups in total. The van der Waals surface area contributed by atoms with Crippen LogP contribution < -0.4 is 5.32 Å². The molecule has 1 amide bonds. The van der Waals surface area contributed by atoms with E-state index in [0.717, 1.165) is 18.8 Å². The summed E-state index contributed by atoms with van der Waals surface area (Å²) in [4.78, 5) is 23.3. The van der Waals surface area contributed by atoms with E-state index in [1.165, 1.54) is 12.8 Å². The monoisotopic (exact) mass is 288 g/mol. The lowest BCUT2D eigenvalue weighted by Crippen LogP contribution is -2.40. The second kappa shape index (κ2) is 5.72. The molecule has 1 saturated heterocycles. The first-order chi connectivity index (χ1) is 10.0. The molecule has 2 atom stereocenters. The highest BCUT2D eigenvalue weighted by molar-refractivity contribution is 5.92. The van der Waals surface area contributed by atoms with Gasteiger partial charge in [-0.15, -0.1) is 0 Å². The molecule has 1 aliphatic heterocycles. The Kier molecular flexibility index (Phi) is 3.93. The van der Waals surface area contributed by atoms with E-state index in [9.17, 15) is 4.79 Å². The van der Waals surface area contributed by atoms with Crippen molar-refractivity contribution in [3.63, 3.8) is 0 Å². The maximum absolute atomic E-state index is 12.3. The topological polar surface area (TPSA) is 58.1 Å². The number of amides is 1. The van der Waals surface area contributed by atoms with Gasteiger partial charge in [-0.05, 0) is 32.6 Å². The fourth-order valence-corrected chi connectivity index (χ4v) is 2.90. The lowest BCUT2D eigenvalue weighted by Gasteiger charge is -2.20. The Balaban J connectivity index is 1.60. The van der Waals surface area contributed by atoms with Crippen LogP contribution >= 0.6 is 0 Å². The third kappa shape index (κ3) is 3.23. The number of aromatic nitrogens is 2. The number of carbonyl (C=O) groups excluding carboxylic acids is 1. The molecule has 5 heteroatoms. The Morgan fingerprint density at radius 3 is 2.57 bits per heavy atom. The van der Waals surface area contributed by atoms with Gasteiger partial charge >= 0.3 is 0 Å². The predicted molar refractivity (Wildman–Crippen MR) is 81.1 cm³/mol. The Bertz CT molecular complexity index is 510. The van der Waals surface area contributed by atoms with Gasteiger partial charge in [-0.3, -0.25) is 14.7 Å². The molecule has 2 heterocycles. The summed E-state index contributed by atoms with van der Waals surface area (Å²) in [5.74, 6) is 0.936. The summed E-state index contributed by atoms with van der Waals surface area (Å²) in [6.45, 7) is 8.53. The Hall–Kier alpha value is -1.49. The highest BCUT2D eigenvalue weighted by Crippen LogP contribution is 2.38. The van der Waals surface area contributed by atoms with Gasteiger partial charge in [0.05, 0.1) is 11.9 Å². The third-order valence-corrected chi connectivity index (χ3v) is 4.59. The SMILES string of the molecule is CC(C)N1C[C@@H](C)[C@@H](NC(=O)c2cnc(C3CC3)cn2)C1. The summed E-state index contributed by atoms with van der Waals surface area (Å²) in [7, 11) is 0. The molecule has 1 saturated carbocycles. The first-order valence-electron chi connectivity index (χ1n) is 7.91. The minimum Gasteiger partial charge on any atom is -0.346 e. The summed E-state index contributed by atoms with van der Waals surface area (Å²) < 4.78 is 0. The lowest BCUT2D eigenvalue weighted by atomic mass is 10.1. The van der Waals surface area contributed by atoms with Crippen molar-refractivity contribution in [3.05, 3.63) is 23.8 Å². The van der Waals surface area contributed by atoms with Crippen LogP contribution in [0.2, 0.25) is 0 Å². The maximum Gasteiger partial charge on any atom is 0.271 e. The third-order valence-electron chi connectivity index (χ3n) is 4.59. The van der Waals surface area contributed by atoms with Gasteiger partial charge in [-0.2, -0.15) is 0 Å². The fraction of sp³-hybridized carbons (Fsp3) is 0.688. The van der Waals surface area contributed by atoms with Crippen molar-refractivity contribution in [1.29, 1.82) is 0 Å². The van der Waals surface area contributed by atoms with Crippen LogP contribution in [0.3, 0.4) is 0 Å². The van der Waals surface area contributed by atoms with Crippen LogP contribution in [0.15, 0.2) is 12.4 Å². The molecule has 0 spiro atoms. The molecule has 0 aromatic carbocycles. The van der Waals surface area contributed by atoms with E-state index in [0.29, 0.717) is 23.6 Å². The van der Waals surface area contributed by atoms with E-state index < -0.39 is 0 Å². The summed E-state index contributed by atoms with van der Waals surface area (Å²) in [6, 6.07) is 0.719. The van der Waals surface area contributed by atoms with E-state index in [1.54, 1.807) is 12.4 Å². The van der Waals surface area contributed by atoms with E-state index in [2.05, 4.69) is 41.0 Å². The molecule has 0 unspecified atom stereocenters. The van der Waals surface area contributed by atoms with Gasteiger partial charge in [0.25, 0.3) is 5.91 Å². The van der Waals surface area contributed by atoms with Crippen molar-refractivity contribution in [2.24, 2.45) is 5.92 Å². The van der Waals surface area contributed by atoms with Gasteiger partial charge in [0, 0.05) is 37.3 Å². The second-order valence-electron chi connectivity index (χ2n) is 6.71. The minimum absolute atomic E-state index is 0.104. The van der Waals surface area contributed by atoms with Gasteiger partial charge in [-0.25, -0.2) is 4.98 Å². The van der Waals surface area contributed by atoms with E-state index in [4.69, 9.17) is 0 Å². The van der Waals surface area contributed by atoms with Crippen LogP contribution in [-0.2, 0) is 0 Å². The molecule has 1 aromatic heterocycles. The molecule has 0 bridgehead atoms. The summed E-state index contributed by atoms with van der Waals surface area (Å²) in [5.41, 5.74) is 1.45. The van der Waals surface area contributed by atoms with Crippen LogP contribution in [0, 0.1) is 5.92 Å². The normalized spacial score (nSPS) is 26.3. The minimum atomic E-state index is -0.104. The van der Waals surface area contributed by atoms with Crippen molar-refractivity contribution < 1.29 is 4.79 Å². The average Bonchev–Trinajstić information content (AvgIpc) is 3.24. The van der Waals surface area contributed by atoms with E-state index in [-0.39, 0.29) is 11.9 Å². The zero-order valence-corrected chi connectivity index (χ0v) is 13.0. The number of hydrogen-bond acceptors (Lipinski definition) is 4. The molecule has 0 radical (unpaired) electrons. The van der Waals surface area contributed by atoms with Gasteiger partial charge < -0.3 is 5.32 Å². The number of nitrogens with one attached hydrogen (secondary N) is 1. The standard InChI is InChI=1S/C16H24N4O/c1-10(2)20-8-11(3)15(9-20)19-16(21)14-7-17-13(6-18-14)12-4-5-12/h6-7,10-12,15H,4-5,8-9H2,1-3H3,(H,19,21)/t11-,15+/m1/s1. The molecule has 2 fully saturated rings. The highest BCUT2D eigenvalue weighted by atomic mass is 16.2. The van der Waals surface area contributed by atoms with Gasteiger partial charge in [-0.1, -0.05) is 6.92 Å². The highest BCUT2D eigenvalue weighted by Gasteiger charge is 2.32. The Morgan fingerprint density at radius 2 is 2.05 bits per heavy atom. The van der Waals surface area contributed by atoms with Crippen molar-refractivity contribution in [2.75, 3.05) is 13.1 Å². The van der Waals surface area contributed by atoms with Crippen molar-refractivity contribution in [3.8, 4) is 0 Å². The summed E-state index contributed by atoms with van der Waals surface area (Å²) in [6.07, 6.45) is 5.77. The molecule has 2 aliphatic rings. The van der Waals surface area contributed by atoms with Gasteiger partial charge in [0.1, 0.15) is 5.69 Å². The number of likely N-dealkylation sites (tertiary alicyclic amines) is 1. The summed E-state index contributed by atoms with van der Waals surface area (Å²) in [5, 5.41) is 3.11. The largest absolute Gasteiger partial charge is 0.346 e. The summed E-state index contributed by atoms with van der Waals surface area (Å²) >= 11 is 0. The average molecular weight is 288 g/mol. The maximum atomic E-state index is 12.3. The zero-order chi connectivity index (χ0) is 15.0. The van der Waals surface area contributed by atoms with Gasteiger partial charge in [0.15, 0.2) is 0 Å². The zero-order valence-electron chi connectivity index (χ0n) is 13.0. The van der Waals surface area contributed by atoms with Crippen LogP contribution in [0.1, 0.15) is 55.7 Å². The molecule has 3 rings (SSSR count). The molecular formula is C16H24N4O. The lowest BCUT2D eigenvalue weighted by molar-refractivity contribution is 0.0925. The smallest absolute Gasteiger partial charge is 0.271 e.